The summed E-state index contributed by atoms with van der Waals surface area (Å²) in [4.78, 5) is 10.7. The monoisotopic (exact) mass is 200 g/mol. The summed E-state index contributed by atoms with van der Waals surface area (Å²) < 4.78 is 0. The predicted octanol–water partition coefficient (Wildman–Crippen LogP) is 1.54. The molecule has 0 fully saturated rings. The molecule has 0 rings (SSSR count). The second-order valence-corrected chi connectivity index (χ2v) is 4.38. The Hall–Kier alpha value is -0.570. The highest BCUT2D eigenvalue weighted by Gasteiger charge is 2.07. The molecule has 1 amide bonds. The molecule has 0 bridgehead atoms. The fraction of sp³-hybridized carbons (Fsp3) is 0.909. The van der Waals surface area contributed by atoms with Crippen molar-refractivity contribution in [3.8, 4) is 0 Å². The SMILES string of the molecule is CC(=O)NC(C)CCNC(C)C(C)C. The molecule has 2 atom stereocenters. The fourth-order valence-corrected chi connectivity index (χ4v) is 1.18. The molecule has 0 saturated heterocycles. The maximum absolute atomic E-state index is 10.7. The summed E-state index contributed by atoms with van der Waals surface area (Å²) in [6, 6.07) is 0.805. The Morgan fingerprint density at radius 2 is 1.79 bits per heavy atom. The highest BCUT2D eigenvalue weighted by molar-refractivity contribution is 5.73. The lowest BCUT2D eigenvalue weighted by atomic mass is 10.1. The van der Waals surface area contributed by atoms with E-state index in [1.807, 2.05) is 6.92 Å². The van der Waals surface area contributed by atoms with Crippen molar-refractivity contribution >= 4 is 5.91 Å². The van der Waals surface area contributed by atoms with Crippen LogP contribution in [0.3, 0.4) is 0 Å². The number of amides is 1. The van der Waals surface area contributed by atoms with E-state index in [2.05, 4.69) is 31.4 Å². The molecular weight excluding hydrogens is 176 g/mol. The van der Waals surface area contributed by atoms with Crippen molar-refractivity contribution in [2.45, 2.75) is 53.1 Å². The minimum atomic E-state index is 0.0504. The zero-order chi connectivity index (χ0) is 11.1. The summed E-state index contributed by atoms with van der Waals surface area (Å²) in [5.74, 6) is 0.709. The average molecular weight is 200 g/mol. The minimum Gasteiger partial charge on any atom is -0.354 e. The average Bonchev–Trinajstić information content (AvgIpc) is 2.02. The normalized spacial score (nSPS) is 15.3. The summed E-state index contributed by atoms with van der Waals surface area (Å²) in [5, 5.41) is 6.30. The summed E-state index contributed by atoms with van der Waals surface area (Å²) in [5.41, 5.74) is 0. The minimum absolute atomic E-state index is 0.0504. The van der Waals surface area contributed by atoms with Gasteiger partial charge in [-0.05, 0) is 32.7 Å². The molecule has 0 radical (unpaired) electrons. The molecule has 2 N–H and O–H groups in total. The summed E-state index contributed by atoms with van der Waals surface area (Å²) >= 11 is 0. The van der Waals surface area contributed by atoms with E-state index in [0.29, 0.717) is 12.0 Å². The van der Waals surface area contributed by atoms with Crippen LogP contribution in [-0.4, -0.2) is 24.5 Å². The van der Waals surface area contributed by atoms with Gasteiger partial charge in [0, 0.05) is 19.0 Å². The van der Waals surface area contributed by atoms with Crippen LogP contribution in [0.5, 0.6) is 0 Å². The smallest absolute Gasteiger partial charge is 0.217 e. The molecule has 3 heteroatoms. The third kappa shape index (κ3) is 6.89. The molecule has 0 aliphatic rings. The van der Waals surface area contributed by atoms with Gasteiger partial charge in [0.25, 0.3) is 0 Å². The van der Waals surface area contributed by atoms with Gasteiger partial charge >= 0.3 is 0 Å². The van der Waals surface area contributed by atoms with Gasteiger partial charge in [-0.1, -0.05) is 13.8 Å². The highest BCUT2D eigenvalue weighted by Crippen LogP contribution is 1.99. The van der Waals surface area contributed by atoms with Crippen molar-refractivity contribution < 1.29 is 4.79 Å². The van der Waals surface area contributed by atoms with Gasteiger partial charge in [0.2, 0.25) is 5.91 Å². The number of nitrogens with one attached hydrogen (secondary N) is 2. The van der Waals surface area contributed by atoms with Crippen LogP contribution in [0.15, 0.2) is 0 Å². The lowest BCUT2D eigenvalue weighted by Gasteiger charge is -2.19. The van der Waals surface area contributed by atoms with Crippen molar-refractivity contribution in [2.24, 2.45) is 5.92 Å². The van der Waals surface area contributed by atoms with Crippen LogP contribution in [0.2, 0.25) is 0 Å². The Morgan fingerprint density at radius 1 is 1.21 bits per heavy atom. The van der Waals surface area contributed by atoms with Crippen molar-refractivity contribution in [3.63, 3.8) is 0 Å². The quantitative estimate of drug-likeness (QED) is 0.683. The van der Waals surface area contributed by atoms with Crippen molar-refractivity contribution in [2.75, 3.05) is 6.54 Å². The first-order chi connectivity index (χ1) is 6.43. The van der Waals surface area contributed by atoms with E-state index in [0.717, 1.165) is 13.0 Å². The Kier molecular flexibility index (Phi) is 6.54. The molecule has 0 heterocycles. The Balaban J connectivity index is 3.48. The van der Waals surface area contributed by atoms with Crippen LogP contribution in [-0.2, 0) is 4.79 Å². The summed E-state index contributed by atoms with van der Waals surface area (Å²) in [7, 11) is 0. The van der Waals surface area contributed by atoms with E-state index in [1.54, 1.807) is 6.92 Å². The van der Waals surface area contributed by atoms with Crippen LogP contribution >= 0.6 is 0 Å². The fourth-order valence-electron chi connectivity index (χ4n) is 1.18. The number of carbonyl (C=O) groups is 1. The third-order valence-corrected chi connectivity index (χ3v) is 2.49. The molecule has 0 aromatic heterocycles. The first-order valence-corrected chi connectivity index (χ1v) is 5.44. The number of rotatable bonds is 6. The lowest BCUT2D eigenvalue weighted by Crippen LogP contribution is -2.37. The second-order valence-electron chi connectivity index (χ2n) is 4.38. The van der Waals surface area contributed by atoms with Crippen LogP contribution in [0.1, 0.15) is 41.0 Å². The van der Waals surface area contributed by atoms with Crippen LogP contribution in [0, 0.1) is 5.92 Å². The Morgan fingerprint density at radius 3 is 2.21 bits per heavy atom. The molecule has 84 valence electrons. The standard InChI is InChI=1S/C11H24N2O/c1-8(2)10(4)12-7-6-9(3)13-11(5)14/h8-10,12H,6-7H2,1-5H3,(H,13,14). The maximum atomic E-state index is 10.7. The zero-order valence-electron chi connectivity index (χ0n) is 10.1. The van der Waals surface area contributed by atoms with Crippen LogP contribution < -0.4 is 10.6 Å². The first-order valence-electron chi connectivity index (χ1n) is 5.44. The van der Waals surface area contributed by atoms with Gasteiger partial charge < -0.3 is 10.6 Å². The lowest BCUT2D eigenvalue weighted by molar-refractivity contribution is -0.119. The van der Waals surface area contributed by atoms with Crippen molar-refractivity contribution in [1.82, 2.24) is 10.6 Å². The molecule has 3 nitrogen and oxygen atoms in total. The van der Waals surface area contributed by atoms with E-state index in [4.69, 9.17) is 0 Å². The first kappa shape index (κ1) is 13.4. The number of hydrogen-bond donors (Lipinski definition) is 2. The zero-order valence-corrected chi connectivity index (χ0v) is 10.1. The van der Waals surface area contributed by atoms with Gasteiger partial charge in [0.1, 0.15) is 0 Å². The van der Waals surface area contributed by atoms with Gasteiger partial charge in [-0.3, -0.25) is 4.79 Å². The van der Waals surface area contributed by atoms with Crippen molar-refractivity contribution in [1.29, 1.82) is 0 Å². The number of carbonyl (C=O) groups excluding carboxylic acids is 1. The summed E-state index contributed by atoms with van der Waals surface area (Å²) in [6.45, 7) is 11.1. The molecule has 0 aliphatic heterocycles. The molecular formula is C11H24N2O. The highest BCUT2D eigenvalue weighted by atomic mass is 16.1. The van der Waals surface area contributed by atoms with Gasteiger partial charge in [-0.15, -0.1) is 0 Å². The molecule has 0 spiro atoms. The third-order valence-electron chi connectivity index (χ3n) is 2.49. The molecule has 2 unspecified atom stereocenters. The second kappa shape index (κ2) is 6.82. The molecule has 0 saturated carbocycles. The van der Waals surface area contributed by atoms with E-state index in [9.17, 15) is 4.79 Å². The Bertz CT molecular complexity index is 169. The Labute approximate surface area is 87.6 Å². The summed E-state index contributed by atoms with van der Waals surface area (Å²) in [6.07, 6.45) is 0.983. The van der Waals surface area contributed by atoms with Crippen molar-refractivity contribution in [3.05, 3.63) is 0 Å². The van der Waals surface area contributed by atoms with Gasteiger partial charge in [0.05, 0.1) is 0 Å². The topological polar surface area (TPSA) is 41.1 Å². The van der Waals surface area contributed by atoms with Gasteiger partial charge in [-0.25, -0.2) is 0 Å². The van der Waals surface area contributed by atoms with Crippen LogP contribution in [0.25, 0.3) is 0 Å². The largest absolute Gasteiger partial charge is 0.354 e. The van der Waals surface area contributed by atoms with E-state index in [-0.39, 0.29) is 11.9 Å². The van der Waals surface area contributed by atoms with E-state index < -0.39 is 0 Å². The maximum Gasteiger partial charge on any atom is 0.217 e. The molecule has 0 aromatic rings. The van der Waals surface area contributed by atoms with Gasteiger partial charge in [-0.2, -0.15) is 0 Å². The molecule has 14 heavy (non-hydrogen) atoms. The van der Waals surface area contributed by atoms with Gasteiger partial charge in [0.15, 0.2) is 0 Å². The molecule has 0 aromatic carbocycles. The van der Waals surface area contributed by atoms with Crippen LogP contribution in [0.4, 0.5) is 0 Å². The van der Waals surface area contributed by atoms with E-state index in [1.165, 1.54) is 0 Å². The molecule has 0 aliphatic carbocycles. The number of hydrogen-bond acceptors (Lipinski definition) is 2. The van der Waals surface area contributed by atoms with E-state index >= 15 is 0 Å². The predicted molar refractivity (Wildman–Crippen MR) is 60.2 cm³/mol.